The van der Waals surface area contributed by atoms with Crippen molar-refractivity contribution in [2.75, 3.05) is 26.1 Å². The zero-order valence-electron chi connectivity index (χ0n) is 13.2. The van der Waals surface area contributed by atoms with E-state index in [1.807, 2.05) is 24.3 Å². The van der Waals surface area contributed by atoms with Crippen molar-refractivity contribution < 1.29 is 19.0 Å². The van der Waals surface area contributed by atoms with E-state index in [2.05, 4.69) is 9.97 Å². The van der Waals surface area contributed by atoms with Crippen LogP contribution in [0.3, 0.4) is 0 Å². The predicted molar refractivity (Wildman–Crippen MR) is 88.4 cm³/mol. The number of hydrogen-bond donors (Lipinski definition) is 1. The molecule has 0 aliphatic rings. The zero-order chi connectivity index (χ0) is 16.5. The summed E-state index contributed by atoms with van der Waals surface area (Å²) in [5, 5.41) is 0.706. The van der Waals surface area contributed by atoms with Crippen molar-refractivity contribution in [3.8, 4) is 11.5 Å². The highest BCUT2D eigenvalue weighted by atomic mass is 32.2. The van der Waals surface area contributed by atoms with E-state index in [4.69, 9.17) is 14.2 Å². The Hall–Kier alpha value is -2.15. The van der Waals surface area contributed by atoms with Crippen LogP contribution in [0.5, 0.6) is 11.5 Å². The standard InChI is InChI=1S/C16H20N2O4S/c1-3-21-15(19)14-11-17-16(18-14)23-10-4-9-22-13-7-5-12(20-2)6-8-13/h5-8,11H,3-4,9-10H2,1-2H3,(H,17,18). The van der Waals surface area contributed by atoms with Crippen molar-refractivity contribution >= 4 is 17.7 Å². The average Bonchev–Trinajstić information content (AvgIpc) is 3.04. The Kier molecular flexibility index (Phi) is 6.80. The van der Waals surface area contributed by atoms with Gasteiger partial charge in [-0.2, -0.15) is 0 Å². The minimum Gasteiger partial charge on any atom is -0.497 e. The van der Waals surface area contributed by atoms with Crippen LogP contribution in [0, 0.1) is 0 Å². The number of methoxy groups -OCH3 is 1. The van der Waals surface area contributed by atoms with Crippen LogP contribution >= 0.6 is 11.8 Å². The minimum absolute atomic E-state index is 0.350. The molecule has 0 amide bonds. The summed E-state index contributed by atoms with van der Waals surface area (Å²) in [5.74, 6) is 2.09. The molecule has 0 fully saturated rings. The lowest BCUT2D eigenvalue weighted by Gasteiger charge is -2.06. The molecule has 0 aliphatic heterocycles. The van der Waals surface area contributed by atoms with E-state index in [1.54, 1.807) is 25.8 Å². The SMILES string of the molecule is CCOC(=O)c1cnc(SCCCOc2ccc(OC)cc2)[nH]1. The highest BCUT2D eigenvalue weighted by Gasteiger charge is 2.10. The minimum atomic E-state index is -0.380. The first kappa shape index (κ1) is 17.2. The van der Waals surface area contributed by atoms with Gasteiger partial charge in [-0.15, -0.1) is 0 Å². The van der Waals surface area contributed by atoms with Gasteiger partial charge in [-0.25, -0.2) is 9.78 Å². The van der Waals surface area contributed by atoms with E-state index < -0.39 is 0 Å². The number of thioether (sulfide) groups is 1. The van der Waals surface area contributed by atoms with Crippen molar-refractivity contribution in [1.29, 1.82) is 0 Å². The van der Waals surface area contributed by atoms with Crippen molar-refractivity contribution in [3.05, 3.63) is 36.2 Å². The molecule has 2 aromatic rings. The Morgan fingerprint density at radius 1 is 1.26 bits per heavy atom. The summed E-state index contributed by atoms with van der Waals surface area (Å²) >= 11 is 1.54. The first-order valence-corrected chi connectivity index (χ1v) is 8.33. The molecule has 1 aromatic heterocycles. The van der Waals surface area contributed by atoms with E-state index in [0.29, 0.717) is 24.1 Å². The van der Waals surface area contributed by atoms with Gasteiger partial charge in [-0.3, -0.25) is 0 Å². The van der Waals surface area contributed by atoms with Crippen LogP contribution in [0.25, 0.3) is 0 Å². The van der Waals surface area contributed by atoms with Gasteiger partial charge in [0.25, 0.3) is 0 Å². The van der Waals surface area contributed by atoms with Gasteiger partial charge in [0, 0.05) is 5.75 Å². The van der Waals surface area contributed by atoms with Crippen LogP contribution in [0.15, 0.2) is 35.6 Å². The summed E-state index contributed by atoms with van der Waals surface area (Å²) in [6, 6.07) is 7.49. The van der Waals surface area contributed by atoms with Gasteiger partial charge >= 0.3 is 5.97 Å². The van der Waals surface area contributed by atoms with Gasteiger partial charge < -0.3 is 19.2 Å². The van der Waals surface area contributed by atoms with Gasteiger partial charge in [-0.05, 0) is 37.6 Å². The molecule has 0 spiro atoms. The quantitative estimate of drug-likeness (QED) is 0.431. The van der Waals surface area contributed by atoms with Gasteiger partial charge in [0.15, 0.2) is 5.16 Å². The van der Waals surface area contributed by atoms with Gasteiger partial charge in [0.2, 0.25) is 0 Å². The summed E-state index contributed by atoms with van der Waals surface area (Å²) in [6.07, 6.45) is 2.36. The third-order valence-electron chi connectivity index (χ3n) is 2.90. The Labute approximate surface area is 139 Å². The maximum absolute atomic E-state index is 11.5. The second-order valence-electron chi connectivity index (χ2n) is 4.55. The van der Waals surface area contributed by atoms with E-state index >= 15 is 0 Å². The highest BCUT2D eigenvalue weighted by molar-refractivity contribution is 7.99. The normalized spacial score (nSPS) is 10.3. The third kappa shape index (κ3) is 5.52. The molecule has 0 bridgehead atoms. The number of aromatic amines is 1. The van der Waals surface area contributed by atoms with Crippen LogP contribution in [0.1, 0.15) is 23.8 Å². The number of nitrogens with one attached hydrogen (secondary N) is 1. The average molecular weight is 336 g/mol. The van der Waals surface area contributed by atoms with E-state index in [9.17, 15) is 4.79 Å². The van der Waals surface area contributed by atoms with Crippen molar-refractivity contribution in [2.24, 2.45) is 0 Å². The molecule has 1 aromatic carbocycles. The largest absolute Gasteiger partial charge is 0.497 e. The van der Waals surface area contributed by atoms with E-state index in [1.165, 1.54) is 6.20 Å². The number of aromatic nitrogens is 2. The molecule has 0 atom stereocenters. The maximum atomic E-state index is 11.5. The highest BCUT2D eigenvalue weighted by Crippen LogP contribution is 2.18. The Morgan fingerprint density at radius 3 is 2.70 bits per heavy atom. The van der Waals surface area contributed by atoms with Gasteiger partial charge in [0.1, 0.15) is 17.2 Å². The lowest BCUT2D eigenvalue weighted by atomic mass is 10.3. The predicted octanol–water partition coefficient (Wildman–Crippen LogP) is 3.16. The first-order valence-electron chi connectivity index (χ1n) is 7.34. The number of H-pyrrole nitrogens is 1. The molecule has 0 saturated heterocycles. The topological polar surface area (TPSA) is 73.4 Å². The summed E-state index contributed by atoms with van der Waals surface area (Å²) < 4.78 is 15.6. The second kappa shape index (κ2) is 9.09. The molecule has 0 unspecified atom stereocenters. The number of rotatable bonds is 9. The van der Waals surface area contributed by atoms with Gasteiger partial charge in [-0.1, -0.05) is 11.8 Å². The molecule has 6 nitrogen and oxygen atoms in total. The number of carbonyl (C=O) groups excluding carboxylic acids is 1. The second-order valence-corrected chi connectivity index (χ2v) is 5.63. The molecule has 124 valence electrons. The molecule has 0 saturated carbocycles. The molecule has 0 radical (unpaired) electrons. The molecule has 0 aliphatic carbocycles. The van der Waals surface area contributed by atoms with Crippen molar-refractivity contribution in [2.45, 2.75) is 18.5 Å². The van der Waals surface area contributed by atoms with E-state index in [-0.39, 0.29) is 5.97 Å². The molecular weight excluding hydrogens is 316 g/mol. The summed E-state index contributed by atoms with van der Waals surface area (Å²) in [5.41, 5.74) is 0.379. The van der Waals surface area contributed by atoms with Crippen LogP contribution in [0.4, 0.5) is 0 Å². The number of carbonyl (C=O) groups is 1. The Balaban J connectivity index is 1.66. The lowest BCUT2D eigenvalue weighted by molar-refractivity contribution is 0.0519. The fourth-order valence-electron chi connectivity index (χ4n) is 1.78. The zero-order valence-corrected chi connectivity index (χ0v) is 14.0. The molecule has 2 rings (SSSR count). The Bertz CT molecular complexity index is 613. The summed E-state index contributed by atoms with van der Waals surface area (Å²) in [4.78, 5) is 18.6. The number of nitrogens with zero attached hydrogens (tertiary/aromatic N) is 1. The van der Waals surface area contributed by atoms with E-state index in [0.717, 1.165) is 23.7 Å². The van der Waals surface area contributed by atoms with Crippen LogP contribution in [0.2, 0.25) is 0 Å². The molecule has 23 heavy (non-hydrogen) atoms. The summed E-state index contributed by atoms with van der Waals surface area (Å²) in [7, 11) is 1.63. The monoisotopic (exact) mass is 336 g/mol. The molecular formula is C16H20N2O4S. The fraction of sp³-hybridized carbons (Fsp3) is 0.375. The molecule has 7 heteroatoms. The number of hydrogen-bond acceptors (Lipinski definition) is 6. The van der Waals surface area contributed by atoms with Crippen LogP contribution in [-0.4, -0.2) is 42.0 Å². The summed E-state index contributed by atoms with van der Waals surface area (Å²) in [6.45, 7) is 2.74. The number of esters is 1. The van der Waals surface area contributed by atoms with Gasteiger partial charge in [0.05, 0.1) is 26.5 Å². The smallest absolute Gasteiger partial charge is 0.356 e. The third-order valence-corrected chi connectivity index (χ3v) is 3.88. The first-order chi connectivity index (χ1) is 11.2. The van der Waals surface area contributed by atoms with Crippen molar-refractivity contribution in [1.82, 2.24) is 9.97 Å². The number of benzene rings is 1. The molecule has 1 N–H and O–H groups in total. The number of imidazole rings is 1. The van der Waals surface area contributed by atoms with Crippen molar-refractivity contribution in [3.63, 3.8) is 0 Å². The number of ether oxygens (including phenoxy) is 3. The fourth-order valence-corrected chi connectivity index (χ4v) is 2.54. The molecule has 1 heterocycles. The lowest BCUT2D eigenvalue weighted by Crippen LogP contribution is -2.04. The van der Waals surface area contributed by atoms with Crippen LogP contribution in [-0.2, 0) is 4.74 Å². The maximum Gasteiger partial charge on any atom is 0.356 e. The van der Waals surface area contributed by atoms with Crippen LogP contribution < -0.4 is 9.47 Å². The Morgan fingerprint density at radius 2 is 2.00 bits per heavy atom.